The molecule has 136 valence electrons. The van der Waals surface area contributed by atoms with Crippen LogP contribution >= 0.6 is 11.8 Å². The molecule has 0 radical (unpaired) electrons. The van der Waals surface area contributed by atoms with E-state index in [-0.39, 0.29) is 5.43 Å². The third kappa shape index (κ3) is 3.11. The van der Waals surface area contributed by atoms with Crippen molar-refractivity contribution in [2.75, 3.05) is 36.5 Å². The van der Waals surface area contributed by atoms with E-state index in [0.717, 1.165) is 39.8 Å². The molecule has 0 saturated carbocycles. The minimum atomic E-state index is -0.0514. The lowest BCUT2D eigenvalue weighted by Crippen LogP contribution is -2.36. The zero-order chi connectivity index (χ0) is 18.2. The van der Waals surface area contributed by atoms with Gasteiger partial charge in [-0.05, 0) is 24.3 Å². The van der Waals surface area contributed by atoms with Gasteiger partial charge in [-0.1, -0.05) is 30.0 Å². The molecule has 1 aromatic heterocycles. The van der Waals surface area contributed by atoms with Crippen molar-refractivity contribution < 1.29 is 9.15 Å². The molecule has 0 amide bonds. The topological polar surface area (TPSA) is 54.7 Å². The third-order valence-corrected chi connectivity index (χ3v) is 5.95. The van der Waals surface area contributed by atoms with E-state index >= 15 is 0 Å². The van der Waals surface area contributed by atoms with Crippen LogP contribution in [0.15, 0.2) is 73.6 Å². The Labute approximate surface area is 161 Å². The van der Waals surface area contributed by atoms with Gasteiger partial charge in [0.25, 0.3) is 0 Å². The summed E-state index contributed by atoms with van der Waals surface area (Å²) in [5, 5.41) is 3.48. The van der Waals surface area contributed by atoms with Crippen LogP contribution in [0.4, 0.5) is 17.3 Å². The van der Waals surface area contributed by atoms with Crippen LogP contribution in [-0.4, -0.2) is 26.3 Å². The van der Waals surface area contributed by atoms with Gasteiger partial charge in [-0.3, -0.25) is 4.79 Å². The largest absolute Gasteiger partial charge is 0.440 e. The first-order chi connectivity index (χ1) is 13.3. The number of morpholine rings is 1. The fraction of sp³-hybridized carbons (Fsp3) is 0.190. The van der Waals surface area contributed by atoms with Crippen molar-refractivity contribution >= 4 is 29.0 Å². The van der Waals surface area contributed by atoms with E-state index in [1.54, 1.807) is 23.9 Å². The molecule has 1 N–H and O–H groups in total. The Morgan fingerprint density at radius 2 is 1.78 bits per heavy atom. The van der Waals surface area contributed by atoms with Crippen LogP contribution in [0.5, 0.6) is 0 Å². The van der Waals surface area contributed by atoms with E-state index in [9.17, 15) is 4.79 Å². The zero-order valence-electron chi connectivity index (χ0n) is 14.6. The smallest absolute Gasteiger partial charge is 0.200 e. The van der Waals surface area contributed by atoms with Crippen LogP contribution in [0.25, 0.3) is 11.3 Å². The molecular weight excluding hydrogens is 360 g/mol. The first kappa shape index (κ1) is 16.5. The Hall–Kier alpha value is -2.70. The number of hydrogen-bond donors (Lipinski definition) is 1. The van der Waals surface area contributed by atoms with Crippen LogP contribution in [0.2, 0.25) is 0 Å². The molecule has 6 heteroatoms. The van der Waals surface area contributed by atoms with Crippen molar-refractivity contribution in [1.29, 1.82) is 0 Å². The maximum Gasteiger partial charge on any atom is 0.200 e. The molecule has 0 unspecified atom stereocenters. The molecule has 0 atom stereocenters. The number of benzene rings is 2. The van der Waals surface area contributed by atoms with Gasteiger partial charge in [-0.2, -0.15) is 0 Å². The Morgan fingerprint density at radius 1 is 0.963 bits per heavy atom. The summed E-state index contributed by atoms with van der Waals surface area (Å²) < 4.78 is 11.6. The summed E-state index contributed by atoms with van der Waals surface area (Å²) in [6.07, 6.45) is 0. The Kier molecular flexibility index (Phi) is 4.14. The third-order valence-electron chi connectivity index (χ3n) is 4.73. The maximum atomic E-state index is 12.4. The van der Waals surface area contributed by atoms with E-state index < -0.39 is 0 Å². The highest BCUT2D eigenvalue weighted by Gasteiger charge is 2.21. The van der Waals surface area contributed by atoms with Gasteiger partial charge in [-0.15, -0.1) is 0 Å². The Morgan fingerprint density at radius 3 is 2.67 bits per heavy atom. The van der Waals surface area contributed by atoms with Gasteiger partial charge in [0.2, 0.25) is 0 Å². The molecule has 2 aromatic carbocycles. The van der Waals surface area contributed by atoms with Crippen LogP contribution < -0.4 is 15.6 Å². The van der Waals surface area contributed by atoms with Gasteiger partial charge >= 0.3 is 0 Å². The molecule has 27 heavy (non-hydrogen) atoms. The van der Waals surface area contributed by atoms with Crippen molar-refractivity contribution in [2.45, 2.75) is 9.79 Å². The van der Waals surface area contributed by atoms with Crippen molar-refractivity contribution in [3.8, 4) is 11.3 Å². The van der Waals surface area contributed by atoms with Gasteiger partial charge in [0.1, 0.15) is 5.76 Å². The highest BCUT2D eigenvalue weighted by Crippen LogP contribution is 2.48. The molecular formula is C21H18N2O3S. The number of ether oxygens (including phenoxy) is 1. The standard InChI is InChI=1S/C21H18N2O3S/c24-14-12-18(26-20(13-14)23-8-10-25-11-9-23)15-4-3-6-17-21(15)27-19-7-2-1-5-16(19)22-17/h1-7,12-13,22H,8-11H2. The van der Waals surface area contributed by atoms with E-state index in [2.05, 4.69) is 22.3 Å². The lowest BCUT2D eigenvalue weighted by Gasteiger charge is -2.27. The van der Waals surface area contributed by atoms with Gasteiger partial charge in [0.15, 0.2) is 11.3 Å². The average Bonchev–Trinajstić information content (AvgIpc) is 2.72. The summed E-state index contributed by atoms with van der Waals surface area (Å²) in [5.41, 5.74) is 2.99. The summed E-state index contributed by atoms with van der Waals surface area (Å²) in [7, 11) is 0. The van der Waals surface area contributed by atoms with Crippen molar-refractivity contribution in [1.82, 2.24) is 0 Å². The Balaban J connectivity index is 1.58. The monoisotopic (exact) mass is 378 g/mol. The summed E-state index contributed by atoms with van der Waals surface area (Å²) in [5.74, 6) is 1.20. The zero-order valence-corrected chi connectivity index (χ0v) is 15.4. The molecule has 0 spiro atoms. The summed E-state index contributed by atoms with van der Waals surface area (Å²) in [6, 6.07) is 17.4. The predicted molar refractivity (Wildman–Crippen MR) is 107 cm³/mol. The molecule has 0 aliphatic carbocycles. The number of anilines is 3. The van der Waals surface area contributed by atoms with Crippen LogP contribution in [-0.2, 0) is 4.74 Å². The molecule has 3 aromatic rings. The summed E-state index contributed by atoms with van der Waals surface area (Å²) >= 11 is 1.69. The SMILES string of the molecule is O=c1cc(-c2cccc3c2Sc2ccccc2N3)oc(N2CCOCC2)c1. The van der Waals surface area contributed by atoms with Crippen molar-refractivity contribution in [2.24, 2.45) is 0 Å². The van der Waals surface area contributed by atoms with Gasteiger partial charge in [-0.25, -0.2) is 0 Å². The highest BCUT2D eigenvalue weighted by atomic mass is 32.2. The van der Waals surface area contributed by atoms with E-state index in [1.165, 1.54) is 0 Å². The number of nitrogens with zero attached hydrogens (tertiary/aromatic N) is 1. The van der Waals surface area contributed by atoms with Gasteiger partial charge in [0, 0.05) is 40.6 Å². The van der Waals surface area contributed by atoms with Gasteiger partial charge < -0.3 is 19.4 Å². The number of hydrogen-bond acceptors (Lipinski definition) is 6. The molecule has 3 heterocycles. The first-order valence-electron chi connectivity index (χ1n) is 8.93. The quantitative estimate of drug-likeness (QED) is 0.560. The van der Waals surface area contributed by atoms with E-state index in [4.69, 9.17) is 9.15 Å². The van der Waals surface area contributed by atoms with E-state index in [1.807, 2.05) is 30.3 Å². The Bertz CT molecular complexity index is 1060. The average molecular weight is 378 g/mol. The fourth-order valence-corrected chi connectivity index (χ4v) is 4.49. The number of fused-ring (bicyclic) bond motifs is 2. The second kappa shape index (κ2) is 6.79. The highest BCUT2D eigenvalue weighted by molar-refractivity contribution is 8.00. The molecule has 2 aliphatic heterocycles. The van der Waals surface area contributed by atoms with Crippen LogP contribution in [0, 0.1) is 0 Å². The predicted octanol–water partition coefficient (Wildman–Crippen LogP) is 4.35. The molecule has 5 nitrogen and oxygen atoms in total. The number of nitrogens with one attached hydrogen (secondary N) is 1. The number of rotatable bonds is 2. The maximum absolute atomic E-state index is 12.4. The number of para-hydroxylation sites is 1. The van der Waals surface area contributed by atoms with Crippen LogP contribution in [0.3, 0.4) is 0 Å². The molecule has 1 fully saturated rings. The summed E-state index contributed by atoms with van der Waals surface area (Å²) in [6.45, 7) is 2.74. The normalized spacial score (nSPS) is 15.6. The van der Waals surface area contributed by atoms with Crippen LogP contribution in [0.1, 0.15) is 0 Å². The molecule has 2 aliphatic rings. The molecule has 5 rings (SSSR count). The lowest BCUT2D eigenvalue weighted by atomic mass is 10.1. The summed E-state index contributed by atoms with van der Waals surface area (Å²) in [4.78, 5) is 16.6. The van der Waals surface area contributed by atoms with Gasteiger partial charge in [0.05, 0.1) is 24.6 Å². The fourth-order valence-electron chi connectivity index (χ4n) is 3.39. The van der Waals surface area contributed by atoms with E-state index in [0.29, 0.717) is 24.9 Å². The van der Waals surface area contributed by atoms with Crippen molar-refractivity contribution in [3.05, 3.63) is 64.8 Å². The minimum Gasteiger partial charge on any atom is -0.440 e. The second-order valence-electron chi connectivity index (χ2n) is 6.50. The van der Waals surface area contributed by atoms with Crippen molar-refractivity contribution in [3.63, 3.8) is 0 Å². The lowest BCUT2D eigenvalue weighted by molar-refractivity contribution is 0.120. The first-order valence-corrected chi connectivity index (χ1v) is 9.75. The second-order valence-corrected chi connectivity index (χ2v) is 7.55. The minimum absolute atomic E-state index is 0.0514. The molecule has 0 bridgehead atoms. The molecule has 1 saturated heterocycles.